The summed E-state index contributed by atoms with van der Waals surface area (Å²) in [5.41, 5.74) is 1.35. The molecule has 0 radical (unpaired) electrons. The van der Waals surface area contributed by atoms with E-state index >= 15 is 0 Å². The Hall–Kier alpha value is -0.660. The Labute approximate surface area is 61.3 Å². The largest absolute Gasteiger partial charge is 0.494 e. The Morgan fingerprint density at radius 2 is 2.20 bits per heavy atom. The molecule has 0 aromatic rings. The Morgan fingerprint density at radius 1 is 1.40 bits per heavy atom. The zero-order valence-electron chi connectivity index (χ0n) is 6.48. The molecular formula is C8H13NO. The maximum Gasteiger partial charge on any atom is 0.119 e. The first kappa shape index (κ1) is 6.08. The Balaban J connectivity index is 2.21. The second-order valence-electron chi connectivity index (χ2n) is 3.13. The molecule has 2 nitrogen and oxygen atoms in total. The molecule has 1 heterocycles. The SMILES string of the molecule is CC1C2=C(OCCN2)C1C. The van der Waals surface area contributed by atoms with Gasteiger partial charge in [0.1, 0.15) is 12.4 Å². The molecule has 0 saturated carbocycles. The molecule has 0 spiro atoms. The number of hydrogen-bond donors (Lipinski definition) is 1. The molecule has 0 amide bonds. The fraction of sp³-hybridized carbons (Fsp3) is 0.750. The standard InChI is InChI=1S/C8H13NO/c1-5-6(2)8-7(5)9-3-4-10-8/h5-6,9H,3-4H2,1-2H3. The number of allylic oxidation sites excluding steroid dienone is 2. The summed E-state index contributed by atoms with van der Waals surface area (Å²) in [5, 5.41) is 3.35. The van der Waals surface area contributed by atoms with Gasteiger partial charge in [-0.3, -0.25) is 0 Å². The van der Waals surface area contributed by atoms with E-state index in [1.54, 1.807) is 0 Å². The third-order valence-corrected chi connectivity index (χ3v) is 2.56. The van der Waals surface area contributed by atoms with Gasteiger partial charge in [-0.15, -0.1) is 0 Å². The summed E-state index contributed by atoms with van der Waals surface area (Å²) < 4.78 is 5.48. The van der Waals surface area contributed by atoms with Crippen LogP contribution in [0.3, 0.4) is 0 Å². The van der Waals surface area contributed by atoms with Crippen molar-refractivity contribution in [2.24, 2.45) is 11.8 Å². The van der Waals surface area contributed by atoms with Crippen LogP contribution in [0.15, 0.2) is 11.5 Å². The predicted molar refractivity (Wildman–Crippen MR) is 39.3 cm³/mol. The number of hydrogen-bond acceptors (Lipinski definition) is 2. The van der Waals surface area contributed by atoms with Gasteiger partial charge in [-0.25, -0.2) is 0 Å². The normalized spacial score (nSPS) is 37.4. The quantitative estimate of drug-likeness (QED) is 0.542. The molecule has 0 aromatic heterocycles. The van der Waals surface area contributed by atoms with E-state index in [1.807, 2.05) is 0 Å². The molecule has 56 valence electrons. The van der Waals surface area contributed by atoms with E-state index in [9.17, 15) is 0 Å². The number of ether oxygens (including phenoxy) is 1. The van der Waals surface area contributed by atoms with Crippen LogP contribution < -0.4 is 5.32 Å². The van der Waals surface area contributed by atoms with Crippen molar-refractivity contribution in [2.45, 2.75) is 13.8 Å². The van der Waals surface area contributed by atoms with Crippen LogP contribution in [-0.4, -0.2) is 13.2 Å². The summed E-state index contributed by atoms with van der Waals surface area (Å²) in [6.45, 7) is 6.29. The lowest BCUT2D eigenvalue weighted by Crippen LogP contribution is -2.41. The van der Waals surface area contributed by atoms with E-state index in [0.717, 1.165) is 13.2 Å². The predicted octanol–water partition coefficient (Wildman–Crippen LogP) is 1.10. The number of rotatable bonds is 0. The summed E-state index contributed by atoms with van der Waals surface area (Å²) >= 11 is 0. The molecule has 2 heteroatoms. The van der Waals surface area contributed by atoms with E-state index in [2.05, 4.69) is 19.2 Å². The topological polar surface area (TPSA) is 21.3 Å². The highest BCUT2D eigenvalue weighted by atomic mass is 16.5. The summed E-state index contributed by atoms with van der Waals surface area (Å²) in [5.74, 6) is 2.54. The van der Waals surface area contributed by atoms with Crippen LogP contribution in [0, 0.1) is 11.8 Å². The Morgan fingerprint density at radius 3 is 2.90 bits per heavy atom. The molecule has 0 saturated heterocycles. The zero-order valence-corrected chi connectivity index (χ0v) is 6.48. The molecule has 2 atom stereocenters. The van der Waals surface area contributed by atoms with Gasteiger partial charge >= 0.3 is 0 Å². The zero-order chi connectivity index (χ0) is 7.14. The minimum Gasteiger partial charge on any atom is -0.494 e. The summed E-state index contributed by atoms with van der Waals surface area (Å²) in [4.78, 5) is 0. The van der Waals surface area contributed by atoms with Crippen molar-refractivity contribution in [1.29, 1.82) is 0 Å². The van der Waals surface area contributed by atoms with Gasteiger partial charge < -0.3 is 10.1 Å². The van der Waals surface area contributed by atoms with E-state index in [1.165, 1.54) is 11.5 Å². The van der Waals surface area contributed by atoms with Crippen LogP contribution in [0.4, 0.5) is 0 Å². The molecule has 1 N–H and O–H groups in total. The van der Waals surface area contributed by atoms with Gasteiger partial charge in [-0.1, -0.05) is 13.8 Å². The third kappa shape index (κ3) is 0.591. The van der Waals surface area contributed by atoms with Crippen molar-refractivity contribution in [2.75, 3.05) is 13.2 Å². The van der Waals surface area contributed by atoms with Gasteiger partial charge in [0, 0.05) is 18.4 Å². The summed E-state index contributed by atoms with van der Waals surface area (Å²) in [6, 6.07) is 0. The van der Waals surface area contributed by atoms with Crippen LogP contribution in [0.25, 0.3) is 0 Å². The van der Waals surface area contributed by atoms with Crippen molar-refractivity contribution in [3.63, 3.8) is 0 Å². The first-order chi connectivity index (χ1) is 4.80. The van der Waals surface area contributed by atoms with Gasteiger partial charge in [0.2, 0.25) is 0 Å². The molecule has 0 fully saturated rings. The highest BCUT2D eigenvalue weighted by molar-refractivity contribution is 5.26. The van der Waals surface area contributed by atoms with Crippen LogP contribution >= 0.6 is 0 Å². The molecule has 10 heavy (non-hydrogen) atoms. The molecule has 2 unspecified atom stereocenters. The minimum atomic E-state index is 0.641. The van der Waals surface area contributed by atoms with Crippen molar-refractivity contribution in [3.8, 4) is 0 Å². The Kier molecular flexibility index (Phi) is 1.16. The van der Waals surface area contributed by atoms with Crippen LogP contribution in [-0.2, 0) is 4.74 Å². The first-order valence-corrected chi connectivity index (χ1v) is 3.91. The average Bonchev–Trinajstić information content (AvgIpc) is 2.03. The highest BCUT2D eigenvalue weighted by Gasteiger charge is 2.37. The maximum absolute atomic E-state index is 5.48. The first-order valence-electron chi connectivity index (χ1n) is 3.91. The van der Waals surface area contributed by atoms with E-state index in [4.69, 9.17) is 4.74 Å². The van der Waals surface area contributed by atoms with Crippen molar-refractivity contribution in [1.82, 2.24) is 5.32 Å². The summed E-state index contributed by atoms with van der Waals surface area (Å²) in [7, 11) is 0. The van der Waals surface area contributed by atoms with Gasteiger partial charge in [-0.05, 0) is 0 Å². The lowest BCUT2D eigenvalue weighted by atomic mass is 9.78. The summed E-state index contributed by atoms with van der Waals surface area (Å²) in [6.07, 6.45) is 0. The maximum atomic E-state index is 5.48. The second-order valence-corrected chi connectivity index (χ2v) is 3.13. The molecule has 1 aliphatic carbocycles. The molecule has 1 aliphatic heterocycles. The third-order valence-electron chi connectivity index (χ3n) is 2.56. The molecule has 0 aromatic carbocycles. The van der Waals surface area contributed by atoms with E-state index in [0.29, 0.717) is 11.8 Å². The lowest BCUT2D eigenvalue weighted by Gasteiger charge is -2.40. The number of nitrogens with one attached hydrogen (secondary N) is 1. The van der Waals surface area contributed by atoms with Crippen LogP contribution in [0.2, 0.25) is 0 Å². The molecular weight excluding hydrogens is 126 g/mol. The average molecular weight is 139 g/mol. The fourth-order valence-electron chi connectivity index (χ4n) is 1.65. The van der Waals surface area contributed by atoms with Gasteiger partial charge in [-0.2, -0.15) is 0 Å². The van der Waals surface area contributed by atoms with Gasteiger partial charge in [0.05, 0.1) is 5.70 Å². The van der Waals surface area contributed by atoms with Crippen LogP contribution in [0.1, 0.15) is 13.8 Å². The van der Waals surface area contributed by atoms with Crippen LogP contribution in [0.5, 0.6) is 0 Å². The van der Waals surface area contributed by atoms with Crippen molar-refractivity contribution >= 4 is 0 Å². The van der Waals surface area contributed by atoms with Gasteiger partial charge in [0.25, 0.3) is 0 Å². The monoisotopic (exact) mass is 139 g/mol. The lowest BCUT2D eigenvalue weighted by molar-refractivity contribution is 0.103. The van der Waals surface area contributed by atoms with E-state index in [-0.39, 0.29) is 0 Å². The fourth-order valence-corrected chi connectivity index (χ4v) is 1.65. The molecule has 0 bridgehead atoms. The van der Waals surface area contributed by atoms with Crippen molar-refractivity contribution < 1.29 is 4.74 Å². The van der Waals surface area contributed by atoms with Crippen molar-refractivity contribution in [3.05, 3.63) is 11.5 Å². The molecule has 2 rings (SSSR count). The van der Waals surface area contributed by atoms with E-state index < -0.39 is 0 Å². The minimum absolute atomic E-state index is 0.641. The smallest absolute Gasteiger partial charge is 0.119 e. The van der Waals surface area contributed by atoms with Gasteiger partial charge in [0.15, 0.2) is 0 Å². The molecule has 2 aliphatic rings. The highest BCUT2D eigenvalue weighted by Crippen LogP contribution is 2.40. The second kappa shape index (κ2) is 1.91. The Bertz CT molecular complexity index is 166.